The van der Waals surface area contributed by atoms with Crippen LogP contribution >= 0.6 is 0 Å². The molecule has 0 saturated heterocycles. The van der Waals surface area contributed by atoms with Crippen LogP contribution in [-0.2, 0) is 11.3 Å². The van der Waals surface area contributed by atoms with Crippen LogP contribution in [-0.4, -0.2) is 23.3 Å². The first-order valence-corrected chi connectivity index (χ1v) is 6.37. The molecule has 0 fully saturated rings. The van der Waals surface area contributed by atoms with E-state index in [2.05, 4.69) is 10.5 Å². The highest BCUT2D eigenvalue weighted by molar-refractivity contribution is 5.99. The molecule has 0 aliphatic heterocycles. The van der Waals surface area contributed by atoms with Gasteiger partial charge in [0.25, 0.3) is 5.91 Å². The zero-order chi connectivity index (χ0) is 15.9. The Bertz CT molecular complexity index is 728. The summed E-state index contributed by atoms with van der Waals surface area (Å²) in [6.45, 7) is -0.0194. The highest BCUT2D eigenvalue weighted by Crippen LogP contribution is 2.13. The highest BCUT2D eigenvalue weighted by atomic mass is 16.4. The third kappa shape index (κ3) is 3.89. The topological polar surface area (TPSA) is 106 Å². The van der Waals surface area contributed by atoms with Crippen LogP contribution in [0.5, 0.6) is 0 Å². The molecule has 0 bridgehead atoms. The van der Waals surface area contributed by atoms with E-state index in [0.29, 0.717) is 5.56 Å². The Balaban J connectivity index is 2.11. The number of anilines is 1. The van der Waals surface area contributed by atoms with Crippen molar-refractivity contribution in [1.82, 2.24) is 0 Å². The number of amides is 1. The van der Waals surface area contributed by atoms with E-state index >= 15 is 0 Å². The number of aromatic nitrogens is 1. The summed E-state index contributed by atoms with van der Waals surface area (Å²) in [5, 5.41) is 24.9. The Kier molecular flexibility index (Phi) is 4.81. The first-order chi connectivity index (χ1) is 10.6. The number of carbonyl (C=O) groups is 2. The Morgan fingerprint density at radius 3 is 2.77 bits per heavy atom. The van der Waals surface area contributed by atoms with Crippen molar-refractivity contribution in [2.75, 3.05) is 5.32 Å². The van der Waals surface area contributed by atoms with Crippen molar-refractivity contribution < 1.29 is 24.5 Å². The van der Waals surface area contributed by atoms with Crippen LogP contribution in [0.2, 0.25) is 0 Å². The molecule has 1 aromatic heterocycles. The zero-order valence-corrected chi connectivity index (χ0v) is 11.5. The molecule has 0 aliphatic carbocycles. The van der Waals surface area contributed by atoms with Crippen molar-refractivity contribution >= 4 is 23.8 Å². The van der Waals surface area contributed by atoms with Crippen LogP contribution in [0, 0.1) is 0 Å². The standard InChI is InChI=1S/C15H13N3O4/c19-14(10-18-7-3-4-11(9-18)8-16-22)17-13-6-2-1-5-12(13)15(20)21/h1-9H,10H2,(H2-,17,19,20,21,22)/b16-8-. The van der Waals surface area contributed by atoms with Gasteiger partial charge in [-0.2, -0.15) is 4.57 Å². The van der Waals surface area contributed by atoms with Gasteiger partial charge in [-0.25, -0.2) is 0 Å². The number of oxime groups is 1. The molecule has 0 aliphatic rings. The number of nitrogens with one attached hydrogen (secondary N) is 1. The molecule has 0 saturated carbocycles. The van der Waals surface area contributed by atoms with E-state index in [4.69, 9.17) is 5.21 Å². The van der Waals surface area contributed by atoms with Crippen LogP contribution in [0.15, 0.2) is 53.9 Å². The third-order valence-corrected chi connectivity index (χ3v) is 2.84. The van der Waals surface area contributed by atoms with E-state index in [1.807, 2.05) is 0 Å². The number of hydrogen-bond acceptors (Lipinski definition) is 5. The molecular formula is C15H13N3O4. The second-order valence-corrected chi connectivity index (χ2v) is 4.44. The van der Waals surface area contributed by atoms with Gasteiger partial charge in [0.2, 0.25) is 6.54 Å². The van der Waals surface area contributed by atoms with Gasteiger partial charge in [0.05, 0.1) is 23.4 Å². The van der Waals surface area contributed by atoms with Crippen molar-refractivity contribution in [3.63, 3.8) is 0 Å². The molecule has 0 spiro atoms. The lowest BCUT2D eigenvalue weighted by atomic mass is 10.2. The maximum Gasteiger partial charge on any atom is 0.290 e. The van der Waals surface area contributed by atoms with Crippen molar-refractivity contribution in [2.24, 2.45) is 5.16 Å². The number of carbonyl (C=O) groups excluding carboxylic acids is 2. The Hall–Kier alpha value is -3.22. The normalized spacial score (nSPS) is 10.5. The Morgan fingerprint density at radius 1 is 1.27 bits per heavy atom. The van der Waals surface area contributed by atoms with E-state index in [0.717, 1.165) is 0 Å². The molecule has 0 radical (unpaired) electrons. The SMILES string of the molecule is O=C(C[n+]1cccc(/C=N\O)c1)Nc1ccccc1C(=O)[O-]. The fourth-order valence-electron chi connectivity index (χ4n) is 1.91. The summed E-state index contributed by atoms with van der Waals surface area (Å²) in [6.07, 6.45) is 4.52. The average molecular weight is 299 g/mol. The number of carboxylic acids is 1. The first kappa shape index (κ1) is 15.2. The number of carboxylic acid groups (broad SMARTS) is 1. The number of aromatic carboxylic acids is 1. The maximum absolute atomic E-state index is 12.0. The van der Waals surface area contributed by atoms with Crippen molar-refractivity contribution in [1.29, 1.82) is 0 Å². The molecule has 112 valence electrons. The summed E-state index contributed by atoms with van der Waals surface area (Å²) in [5.41, 5.74) is 0.719. The van der Waals surface area contributed by atoms with Crippen LogP contribution in [0.3, 0.4) is 0 Å². The van der Waals surface area contributed by atoms with Gasteiger partial charge in [-0.15, -0.1) is 0 Å². The summed E-state index contributed by atoms with van der Waals surface area (Å²) in [4.78, 5) is 23.0. The molecule has 1 amide bonds. The minimum absolute atomic E-state index is 0.0194. The van der Waals surface area contributed by atoms with Gasteiger partial charge in [0.1, 0.15) is 0 Å². The van der Waals surface area contributed by atoms with Crippen molar-refractivity contribution in [3.05, 3.63) is 59.9 Å². The monoisotopic (exact) mass is 299 g/mol. The second kappa shape index (κ2) is 6.98. The summed E-state index contributed by atoms with van der Waals surface area (Å²) >= 11 is 0. The summed E-state index contributed by atoms with van der Waals surface area (Å²) in [6, 6.07) is 9.42. The molecule has 1 heterocycles. The molecule has 2 N–H and O–H groups in total. The van der Waals surface area contributed by atoms with Crippen LogP contribution < -0.4 is 15.0 Å². The number of rotatable bonds is 5. The second-order valence-electron chi connectivity index (χ2n) is 4.44. The fraction of sp³-hybridized carbons (Fsp3) is 0.0667. The summed E-state index contributed by atoms with van der Waals surface area (Å²) in [5.74, 6) is -1.75. The minimum atomic E-state index is -1.36. The van der Waals surface area contributed by atoms with E-state index in [9.17, 15) is 14.7 Å². The van der Waals surface area contributed by atoms with Gasteiger partial charge in [-0.1, -0.05) is 23.4 Å². The molecule has 7 nitrogen and oxygen atoms in total. The Morgan fingerprint density at radius 2 is 2.05 bits per heavy atom. The summed E-state index contributed by atoms with van der Waals surface area (Å²) in [7, 11) is 0. The minimum Gasteiger partial charge on any atom is -0.545 e. The lowest BCUT2D eigenvalue weighted by Crippen LogP contribution is -2.40. The van der Waals surface area contributed by atoms with Crippen LogP contribution in [0.25, 0.3) is 0 Å². The smallest absolute Gasteiger partial charge is 0.290 e. The number of nitrogens with zero attached hydrogens (tertiary/aromatic N) is 2. The molecule has 0 atom stereocenters. The Labute approximate surface area is 126 Å². The third-order valence-electron chi connectivity index (χ3n) is 2.84. The van der Waals surface area contributed by atoms with Crippen molar-refractivity contribution in [3.8, 4) is 0 Å². The van der Waals surface area contributed by atoms with E-state index < -0.39 is 11.9 Å². The van der Waals surface area contributed by atoms with Gasteiger partial charge in [-0.05, 0) is 12.1 Å². The van der Waals surface area contributed by atoms with Gasteiger partial charge in [0, 0.05) is 11.6 Å². The molecule has 0 unspecified atom stereocenters. The van der Waals surface area contributed by atoms with Crippen molar-refractivity contribution in [2.45, 2.75) is 6.54 Å². The average Bonchev–Trinajstić information content (AvgIpc) is 2.48. The van der Waals surface area contributed by atoms with E-state index in [1.54, 1.807) is 41.2 Å². The lowest BCUT2D eigenvalue weighted by molar-refractivity contribution is -0.684. The predicted molar refractivity (Wildman–Crippen MR) is 75.4 cm³/mol. The zero-order valence-electron chi connectivity index (χ0n) is 11.5. The number of pyridine rings is 1. The fourth-order valence-corrected chi connectivity index (χ4v) is 1.91. The van der Waals surface area contributed by atoms with Gasteiger partial charge >= 0.3 is 0 Å². The number of benzene rings is 1. The largest absolute Gasteiger partial charge is 0.545 e. The molecule has 2 aromatic rings. The predicted octanol–water partition coefficient (Wildman–Crippen LogP) is -0.216. The quantitative estimate of drug-likeness (QED) is 0.345. The lowest BCUT2D eigenvalue weighted by Gasteiger charge is -2.10. The molecule has 7 heteroatoms. The molecule has 1 aromatic carbocycles. The molecule has 22 heavy (non-hydrogen) atoms. The van der Waals surface area contributed by atoms with Gasteiger partial charge in [-0.3, -0.25) is 4.79 Å². The van der Waals surface area contributed by atoms with Gasteiger partial charge < -0.3 is 20.4 Å². The number of hydrogen-bond donors (Lipinski definition) is 2. The van der Waals surface area contributed by atoms with Crippen LogP contribution in [0.1, 0.15) is 15.9 Å². The van der Waals surface area contributed by atoms with E-state index in [1.165, 1.54) is 18.3 Å². The number of para-hydroxylation sites is 1. The summed E-state index contributed by atoms with van der Waals surface area (Å²) < 4.78 is 1.58. The maximum atomic E-state index is 12.0. The highest BCUT2D eigenvalue weighted by Gasteiger charge is 2.12. The van der Waals surface area contributed by atoms with Crippen LogP contribution in [0.4, 0.5) is 5.69 Å². The van der Waals surface area contributed by atoms with Gasteiger partial charge in [0.15, 0.2) is 12.4 Å². The first-order valence-electron chi connectivity index (χ1n) is 6.37. The van der Waals surface area contributed by atoms with E-state index in [-0.39, 0.29) is 17.8 Å². The molecular weight excluding hydrogens is 286 g/mol. The molecule has 2 rings (SSSR count).